The molecule has 7 nitrogen and oxygen atoms in total. The van der Waals surface area contributed by atoms with Crippen molar-refractivity contribution < 1.29 is 17.9 Å². The van der Waals surface area contributed by atoms with Crippen molar-refractivity contribution in [2.24, 2.45) is 5.92 Å². The fourth-order valence-corrected chi connectivity index (χ4v) is 5.16. The normalized spacial score (nSPS) is 16.5. The van der Waals surface area contributed by atoms with Crippen molar-refractivity contribution in [2.45, 2.75) is 36.6 Å². The maximum absolute atomic E-state index is 13.2. The summed E-state index contributed by atoms with van der Waals surface area (Å²) in [6.45, 7) is 2.20. The summed E-state index contributed by atoms with van der Waals surface area (Å²) in [7, 11) is 0.698. The van der Waals surface area contributed by atoms with Gasteiger partial charge in [0.05, 0.1) is 10.8 Å². The number of ether oxygens (including phenoxy) is 1. The van der Waals surface area contributed by atoms with E-state index in [0.29, 0.717) is 30.7 Å². The molecular formula is C21H29N3O4S2. The monoisotopic (exact) mass is 451 g/mol. The van der Waals surface area contributed by atoms with Gasteiger partial charge < -0.3 is 15.0 Å². The average Bonchev–Trinajstić information content (AvgIpc) is 3.12. The van der Waals surface area contributed by atoms with E-state index in [-0.39, 0.29) is 16.7 Å². The van der Waals surface area contributed by atoms with Crippen molar-refractivity contribution in [2.75, 3.05) is 38.9 Å². The largest absolute Gasteiger partial charge is 0.381 e. The van der Waals surface area contributed by atoms with Gasteiger partial charge in [0.1, 0.15) is 0 Å². The predicted octanol–water partition coefficient (Wildman–Crippen LogP) is 3.15. The van der Waals surface area contributed by atoms with Crippen LogP contribution in [0.15, 0.2) is 35.4 Å². The van der Waals surface area contributed by atoms with Crippen molar-refractivity contribution in [3.8, 4) is 0 Å². The van der Waals surface area contributed by atoms with Gasteiger partial charge in [0, 0.05) is 37.1 Å². The van der Waals surface area contributed by atoms with Crippen LogP contribution in [0.25, 0.3) is 0 Å². The molecule has 1 aromatic carbocycles. The van der Waals surface area contributed by atoms with Crippen molar-refractivity contribution in [1.82, 2.24) is 9.88 Å². The molecule has 0 spiro atoms. The number of rotatable bonds is 8. The van der Waals surface area contributed by atoms with Crippen molar-refractivity contribution in [3.63, 3.8) is 0 Å². The molecule has 1 amide bonds. The van der Waals surface area contributed by atoms with Crippen LogP contribution in [-0.4, -0.2) is 57.8 Å². The molecule has 30 heavy (non-hydrogen) atoms. The van der Waals surface area contributed by atoms with Crippen LogP contribution >= 0.6 is 11.3 Å². The van der Waals surface area contributed by atoms with Gasteiger partial charge in [0.25, 0.3) is 0 Å². The fourth-order valence-electron chi connectivity index (χ4n) is 3.60. The van der Waals surface area contributed by atoms with E-state index in [1.54, 1.807) is 30.5 Å². The first kappa shape index (κ1) is 22.9. The Kier molecular flexibility index (Phi) is 7.62. The highest BCUT2D eigenvalue weighted by atomic mass is 32.2. The summed E-state index contributed by atoms with van der Waals surface area (Å²) in [5.41, 5.74) is 0.816. The molecule has 2 heterocycles. The van der Waals surface area contributed by atoms with Crippen molar-refractivity contribution in [3.05, 3.63) is 40.9 Å². The number of anilines is 1. The Bertz CT molecular complexity index is 949. The summed E-state index contributed by atoms with van der Waals surface area (Å²) < 4.78 is 29.0. The highest BCUT2D eigenvalue weighted by Gasteiger charge is 2.27. The molecule has 1 atom stereocenters. The Hall–Kier alpha value is -1.81. The molecule has 1 aliphatic heterocycles. The lowest BCUT2D eigenvalue weighted by molar-refractivity contribution is -0.118. The summed E-state index contributed by atoms with van der Waals surface area (Å²) in [5, 5.41) is 3.55. The van der Waals surface area contributed by atoms with E-state index in [0.717, 1.165) is 29.8 Å². The summed E-state index contributed by atoms with van der Waals surface area (Å²) in [6, 6.07) is 6.65. The zero-order valence-electron chi connectivity index (χ0n) is 17.6. The number of aromatic nitrogens is 1. The second kappa shape index (κ2) is 10.00. The summed E-state index contributed by atoms with van der Waals surface area (Å²) in [5.74, 6) is -0.0908. The minimum atomic E-state index is -3.28. The van der Waals surface area contributed by atoms with Crippen LogP contribution in [0.1, 0.15) is 35.6 Å². The van der Waals surface area contributed by atoms with E-state index in [2.05, 4.69) is 15.2 Å². The Labute approximate surface area is 182 Å². The minimum Gasteiger partial charge on any atom is -0.381 e. The summed E-state index contributed by atoms with van der Waals surface area (Å²) in [4.78, 5) is 20.9. The number of thiazole rings is 1. The van der Waals surface area contributed by atoms with Gasteiger partial charge >= 0.3 is 0 Å². The molecule has 1 fully saturated rings. The minimum absolute atomic E-state index is 0.112. The van der Waals surface area contributed by atoms with Gasteiger partial charge in [-0.3, -0.25) is 4.79 Å². The van der Waals surface area contributed by atoms with Crippen molar-refractivity contribution in [1.29, 1.82) is 0 Å². The van der Waals surface area contributed by atoms with Crippen LogP contribution in [0.5, 0.6) is 0 Å². The molecule has 0 saturated carbocycles. The predicted molar refractivity (Wildman–Crippen MR) is 119 cm³/mol. The maximum atomic E-state index is 13.2. The smallest absolute Gasteiger partial charge is 0.233 e. The number of carbonyl (C=O) groups is 1. The zero-order chi connectivity index (χ0) is 21.7. The topological polar surface area (TPSA) is 88.6 Å². The van der Waals surface area contributed by atoms with E-state index in [1.807, 2.05) is 14.1 Å². The first-order valence-electron chi connectivity index (χ1n) is 10.0. The van der Waals surface area contributed by atoms with E-state index < -0.39 is 9.84 Å². The molecular weight excluding hydrogens is 422 g/mol. The SMILES string of the molecule is CN(C)Cc1cnc(NC(=O)C(CC2CCOCC2)c2ccc(S(C)(=O)=O)cc2)s1. The molecule has 1 saturated heterocycles. The second-order valence-corrected chi connectivity index (χ2v) is 11.2. The van der Waals surface area contributed by atoms with E-state index >= 15 is 0 Å². The van der Waals surface area contributed by atoms with Gasteiger partial charge in [-0.25, -0.2) is 13.4 Å². The molecule has 1 aromatic heterocycles. The van der Waals surface area contributed by atoms with Gasteiger partial charge in [-0.2, -0.15) is 0 Å². The summed E-state index contributed by atoms with van der Waals surface area (Å²) in [6.07, 6.45) is 5.52. The van der Waals surface area contributed by atoms with Crippen LogP contribution in [0.4, 0.5) is 5.13 Å². The van der Waals surface area contributed by atoms with Crippen molar-refractivity contribution >= 4 is 32.2 Å². The number of hydrogen-bond donors (Lipinski definition) is 1. The molecule has 1 unspecified atom stereocenters. The molecule has 3 rings (SSSR count). The lowest BCUT2D eigenvalue weighted by atomic mass is 9.84. The third-order valence-corrected chi connectivity index (χ3v) is 7.22. The Morgan fingerprint density at radius 2 is 1.93 bits per heavy atom. The number of benzene rings is 1. The quantitative estimate of drug-likeness (QED) is 0.663. The van der Waals surface area contributed by atoms with Gasteiger partial charge in [0.15, 0.2) is 15.0 Å². The number of amides is 1. The maximum Gasteiger partial charge on any atom is 0.233 e. The van der Waals surface area contributed by atoms with Gasteiger partial charge in [-0.15, -0.1) is 11.3 Å². The van der Waals surface area contributed by atoms with E-state index in [4.69, 9.17) is 4.74 Å². The van der Waals surface area contributed by atoms with Gasteiger partial charge in [0.2, 0.25) is 5.91 Å². The molecule has 1 aliphatic rings. The summed E-state index contributed by atoms with van der Waals surface area (Å²) >= 11 is 1.47. The second-order valence-electron chi connectivity index (χ2n) is 8.04. The van der Waals surface area contributed by atoms with Crippen LogP contribution in [0.2, 0.25) is 0 Å². The lowest BCUT2D eigenvalue weighted by Gasteiger charge is -2.26. The molecule has 2 aromatic rings. The highest BCUT2D eigenvalue weighted by molar-refractivity contribution is 7.90. The third kappa shape index (κ3) is 6.34. The first-order chi connectivity index (χ1) is 14.2. The lowest BCUT2D eigenvalue weighted by Crippen LogP contribution is -2.26. The Morgan fingerprint density at radius 1 is 1.27 bits per heavy atom. The first-order valence-corrected chi connectivity index (χ1v) is 12.7. The Balaban J connectivity index is 1.79. The van der Waals surface area contributed by atoms with Gasteiger partial charge in [-0.05, 0) is 57.0 Å². The van der Waals surface area contributed by atoms with Crippen LogP contribution < -0.4 is 5.32 Å². The highest BCUT2D eigenvalue weighted by Crippen LogP contribution is 2.32. The number of nitrogens with one attached hydrogen (secondary N) is 1. The molecule has 164 valence electrons. The third-order valence-electron chi connectivity index (χ3n) is 5.19. The fraction of sp³-hybridized carbons (Fsp3) is 0.524. The van der Waals surface area contributed by atoms with Crippen LogP contribution in [0.3, 0.4) is 0 Å². The Morgan fingerprint density at radius 3 is 2.53 bits per heavy atom. The number of nitrogens with zero attached hydrogens (tertiary/aromatic N) is 2. The number of carbonyl (C=O) groups excluding carboxylic acids is 1. The molecule has 0 radical (unpaired) electrons. The van der Waals surface area contributed by atoms with Gasteiger partial charge in [-0.1, -0.05) is 12.1 Å². The number of sulfone groups is 1. The van der Waals surface area contributed by atoms with Crippen LogP contribution in [0, 0.1) is 5.92 Å². The van der Waals surface area contributed by atoms with E-state index in [9.17, 15) is 13.2 Å². The average molecular weight is 452 g/mol. The molecule has 9 heteroatoms. The van der Waals surface area contributed by atoms with E-state index in [1.165, 1.54) is 17.6 Å². The zero-order valence-corrected chi connectivity index (χ0v) is 19.3. The van der Waals surface area contributed by atoms with Crippen LogP contribution in [-0.2, 0) is 25.9 Å². The molecule has 1 N–H and O–H groups in total. The number of hydrogen-bond acceptors (Lipinski definition) is 7. The standard InChI is InChI=1S/C21H29N3O4S2/c1-24(2)14-17-13-22-21(29-17)23-20(25)19(12-15-8-10-28-11-9-15)16-4-6-18(7-5-16)30(3,26)27/h4-7,13,15,19H,8-12,14H2,1-3H3,(H,22,23,25). The molecule has 0 bridgehead atoms. The molecule has 0 aliphatic carbocycles.